The number of aromatic nitrogens is 1. The summed E-state index contributed by atoms with van der Waals surface area (Å²) in [5, 5.41) is 3.53. The van der Waals surface area contributed by atoms with E-state index in [4.69, 9.17) is 0 Å². The largest absolute Gasteiger partial charge is 0.359 e. The van der Waals surface area contributed by atoms with Gasteiger partial charge in [0, 0.05) is 32.4 Å². The van der Waals surface area contributed by atoms with Gasteiger partial charge in [0.05, 0.1) is 0 Å². The van der Waals surface area contributed by atoms with Crippen molar-refractivity contribution in [3.8, 4) is 0 Å². The first kappa shape index (κ1) is 13.3. The molecule has 0 amide bonds. The van der Waals surface area contributed by atoms with Gasteiger partial charge in [-0.1, -0.05) is 13.3 Å². The number of nitrogens with one attached hydrogen (secondary N) is 1. The molecular formula is C15H25N3. The van der Waals surface area contributed by atoms with Gasteiger partial charge >= 0.3 is 0 Å². The third kappa shape index (κ3) is 3.70. The highest BCUT2D eigenvalue weighted by Gasteiger charge is 2.20. The van der Waals surface area contributed by atoms with E-state index in [0.29, 0.717) is 0 Å². The number of aryl methyl sites for hydroxylation is 1. The van der Waals surface area contributed by atoms with Gasteiger partial charge in [0.15, 0.2) is 0 Å². The van der Waals surface area contributed by atoms with E-state index in [2.05, 4.69) is 42.2 Å². The maximum atomic E-state index is 4.62. The van der Waals surface area contributed by atoms with E-state index in [9.17, 15) is 0 Å². The summed E-state index contributed by atoms with van der Waals surface area (Å²) in [7, 11) is 2.13. The smallest absolute Gasteiger partial charge is 0.131 e. The van der Waals surface area contributed by atoms with Crippen molar-refractivity contribution < 1.29 is 0 Å². The van der Waals surface area contributed by atoms with Crippen LogP contribution in [0.2, 0.25) is 0 Å². The topological polar surface area (TPSA) is 28.2 Å². The summed E-state index contributed by atoms with van der Waals surface area (Å²) in [4.78, 5) is 6.88. The Morgan fingerprint density at radius 3 is 2.83 bits per heavy atom. The Hall–Kier alpha value is -1.09. The molecule has 1 N–H and O–H groups in total. The summed E-state index contributed by atoms with van der Waals surface area (Å²) in [6.07, 6.45) is 7.14. The lowest BCUT2D eigenvalue weighted by Crippen LogP contribution is -2.21. The second kappa shape index (κ2) is 6.19. The molecule has 0 unspecified atom stereocenters. The Kier molecular flexibility index (Phi) is 4.59. The van der Waals surface area contributed by atoms with Crippen LogP contribution in [0.1, 0.15) is 43.7 Å². The minimum atomic E-state index is 0.761. The van der Waals surface area contributed by atoms with Gasteiger partial charge in [0.2, 0.25) is 0 Å². The Morgan fingerprint density at radius 1 is 1.44 bits per heavy atom. The zero-order valence-corrected chi connectivity index (χ0v) is 11.9. The molecule has 0 bridgehead atoms. The molecule has 100 valence electrons. The molecule has 0 aromatic carbocycles. The Balaban J connectivity index is 1.94. The molecule has 3 nitrogen and oxygen atoms in total. The highest BCUT2D eigenvalue weighted by atomic mass is 15.2. The van der Waals surface area contributed by atoms with Crippen LogP contribution in [-0.4, -0.2) is 24.6 Å². The lowest BCUT2D eigenvalue weighted by atomic mass is 10.2. The summed E-state index contributed by atoms with van der Waals surface area (Å²) in [6, 6.07) is 3.03. The maximum Gasteiger partial charge on any atom is 0.131 e. The van der Waals surface area contributed by atoms with Gasteiger partial charge in [0.25, 0.3) is 0 Å². The summed E-state index contributed by atoms with van der Waals surface area (Å²) in [5.41, 5.74) is 2.58. The van der Waals surface area contributed by atoms with Crippen molar-refractivity contribution in [3.05, 3.63) is 23.4 Å². The predicted molar refractivity (Wildman–Crippen MR) is 77.0 cm³/mol. The van der Waals surface area contributed by atoms with Crippen molar-refractivity contribution in [2.45, 2.75) is 52.1 Å². The van der Waals surface area contributed by atoms with E-state index >= 15 is 0 Å². The zero-order valence-electron chi connectivity index (χ0n) is 11.9. The van der Waals surface area contributed by atoms with Gasteiger partial charge in [-0.15, -0.1) is 0 Å². The van der Waals surface area contributed by atoms with E-state index in [1.54, 1.807) is 0 Å². The molecule has 3 heteroatoms. The zero-order chi connectivity index (χ0) is 13.0. The minimum absolute atomic E-state index is 0.761. The number of nitrogens with zero attached hydrogens (tertiary/aromatic N) is 2. The van der Waals surface area contributed by atoms with Crippen LogP contribution in [0.3, 0.4) is 0 Å². The van der Waals surface area contributed by atoms with E-state index in [1.807, 2.05) is 6.20 Å². The molecule has 0 spiro atoms. The molecule has 18 heavy (non-hydrogen) atoms. The quantitative estimate of drug-likeness (QED) is 0.803. The number of pyridine rings is 1. The normalized spacial score (nSPS) is 14.8. The highest BCUT2D eigenvalue weighted by molar-refractivity contribution is 5.46. The Bertz CT molecular complexity index is 385. The molecule has 0 saturated heterocycles. The van der Waals surface area contributed by atoms with Crippen LogP contribution in [0, 0.1) is 6.92 Å². The van der Waals surface area contributed by atoms with Crippen LogP contribution in [0.25, 0.3) is 0 Å². The standard InChI is InChI=1S/C15H25N3/c1-4-5-8-18(3)15-12(2)9-13(11-17-15)10-16-14-6-7-14/h9,11,14,16H,4-8,10H2,1-3H3. The van der Waals surface area contributed by atoms with E-state index in [1.165, 1.54) is 36.8 Å². The van der Waals surface area contributed by atoms with E-state index in [-0.39, 0.29) is 0 Å². The molecule has 1 heterocycles. The van der Waals surface area contributed by atoms with Crippen molar-refractivity contribution >= 4 is 5.82 Å². The van der Waals surface area contributed by atoms with Crippen LogP contribution in [0.15, 0.2) is 12.3 Å². The van der Waals surface area contributed by atoms with E-state index in [0.717, 1.165) is 24.9 Å². The third-order valence-electron chi connectivity index (χ3n) is 3.49. The first-order valence-corrected chi connectivity index (χ1v) is 7.10. The average molecular weight is 247 g/mol. The molecule has 0 aliphatic heterocycles. The minimum Gasteiger partial charge on any atom is -0.359 e. The molecule has 0 radical (unpaired) electrons. The van der Waals surface area contributed by atoms with Crippen molar-refractivity contribution in [1.29, 1.82) is 0 Å². The second-order valence-corrected chi connectivity index (χ2v) is 5.41. The molecular weight excluding hydrogens is 222 g/mol. The van der Waals surface area contributed by atoms with Crippen LogP contribution in [0.4, 0.5) is 5.82 Å². The number of anilines is 1. The molecule has 0 atom stereocenters. The van der Waals surface area contributed by atoms with Crippen molar-refractivity contribution in [2.24, 2.45) is 0 Å². The van der Waals surface area contributed by atoms with Gasteiger partial charge in [-0.3, -0.25) is 0 Å². The monoisotopic (exact) mass is 247 g/mol. The summed E-state index contributed by atoms with van der Waals surface area (Å²) < 4.78 is 0. The molecule has 1 saturated carbocycles. The Labute approximate surface area is 111 Å². The number of rotatable bonds is 7. The molecule has 1 aliphatic carbocycles. The van der Waals surface area contributed by atoms with Crippen molar-refractivity contribution in [1.82, 2.24) is 10.3 Å². The summed E-state index contributed by atoms with van der Waals surface area (Å²) >= 11 is 0. The molecule has 2 rings (SSSR count). The lowest BCUT2D eigenvalue weighted by Gasteiger charge is -2.20. The highest BCUT2D eigenvalue weighted by Crippen LogP contribution is 2.21. The maximum absolute atomic E-state index is 4.62. The third-order valence-corrected chi connectivity index (χ3v) is 3.49. The average Bonchev–Trinajstić information content (AvgIpc) is 3.17. The van der Waals surface area contributed by atoms with Gasteiger partial charge in [0.1, 0.15) is 5.82 Å². The number of hydrogen-bond acceptors (Lipinski definition) is 3. The number of hydrogen-bond donors (Lipinski definition) is 1. The molecule has 1 aliphatic rings. The number of unbranched alkanes of at least 4 members (excludes halogenated alkanes) is 1. The first-order chi connectivity index (χ1) is 8.70. The SMILES string of the molecule is CCCCN(C)c1ncc(CNC2CC2)cc1C. The summed E-state index contributed by atoms with van der Waals surface area (Å²) in [6.45, 7) is 6.42. The van der Waals surface area contributed by atoms with Crippen molar-refractivity contribution in [2.75, 3.05) is 18.5 Å². The van der Waals surface area contributed by atoms with Crippen LogP contribution in [-0.2, 0) is 6.54 Å². The van der Waals surface area contributed by atoms with Crippen LogP contribution in [0.5, 0.6) is 0 Å². The van der Waals surface area contributed by atoms with Gasteiger partial charge in [-0.25, -0.2) is 4.98 Å². The van der Waals surface area contributed by atoms with Gasteiger partial charge in [-0.2, -0.15) is 0 Å². The molecule has 1 fully saturated rings. The van der Waals surface area contributed by atoms with Crippen LogP contribution >= 0.6 is 0 Å². The van der Waals surface area contributed by atoms with Crippen molar-refractivity contribution in [3.63, 3.8) is 0 Å². The fraction of sp³-hybridized carbons (Fsp3) is 0.667. The first-order valence-electron chi connectivity index (χ1n) is 7.10. The second-order valence-electron chi connectivity index (χ2n) is 5.41. The molecule has 1 aromatic heterocycles. The molecule has 1 aromatic rings. The Morgan fingerprint density at radius 2 is 2.22 bits per heavy atom. The lowest BCUT2D eigenvalue weighted by molar-refractivity contribution is 0.684. The fourth-order valence-electron chi connectivity index (χ4n) is 2.17. The van der Waals surface area contributed by atoms with E-state index < -0.39 is 0 Å². The van der Waals surface area contributed by atoms with Gasteiger partial charge < -0.3 is 10.2 Å². The summed E-state index contributed by atoms with van der Waals surface area (Å²) in [5.74, 6) is 1.12. The fourth-order valence-corrected chi connectivity index (χ4v) is 2.17. The van der Waals surface area contributed by atoms with Crippen LogP contribution < -0.4 is 10.2 Å². The predicted octanol–water partition coefficient (Wildman–Crippen LogP) is 2.88. The van der Waals surface area contributed by atoms with Gasteiger partial charge in [-0.05, 0) is 43.4 Å².